The van der Waals surface area contributed by atoms with E-state index in [4.69, 9.17) is 0 Å². The van der Waals surface area contributed by atoms with Crippen LogP contribution >= 0.6 is 0 Å². The number of nitrogens with zero attached hydrogens (tertiary/aromatic N) is 3. The first-order valence-corrected chi connectivity index (χ1v) is 4.97. The number of hydrogen-bond acceptors (Lipinski definition) is 6. The summed E-state index contributed by atoms with van der Waals surface area (Å²) in [6.45, 7) is 0. The van der Waals surface area contributed by atoms with E-state index in [0.29, 0.717) is 0 Å². The van der Waals surface area contributed by atoms with E-state index in [1.54, 1.807) is 0 Å². The summed E-state index contributed by atoms with van der Waals surface area (Å²) in [5, 5.41) is 9.72. The summed E-state index contributed by atoms with van der Waals surface area (Å²) in [7, 11) is -3.49. The molecule has 0 N–H and O–H groups in total. The molecule has 0 amide bonds. The molecular weight excluding hydrogens is 198 g/mol. The van der Waals surface area contributed by atoms with E-state index in [2.05, 4.69) is 9.97 Å². The maximum atomic E-state index is 10.8. The average Bonchev–Trinajstić information content (AvgIpc) is 2.03. The van der Waals surface area contributed by atoms with Crippen molar-refractivity contribution in [3.63, 3.8) is 0 Å². The summed E-state index contributed by atoms with van der Waals surface area (Å²) in [6.07, 6.45) is 2.63. The molecule has 0 radical (unpaired) electrons. The van der Waals surface area contributed by atoms with Crippen LogP contribution in [0.1, 0.15) is 0 Å². The molecule has 0 bridgehead atoms. The highest BCUT2D eigenvalue weighted by molar-refractivity contribution is 7.90. The number of rotatable bonds is 2. The van der Waals surface area contributed by atoms with Gasteiger partial charge in [0.15, 0.2) is 0 Å². The fourth-order valence-electron chi connectivity index (χ4n) is 0.595. The smallest absolute Gasteiger partial charge is 0.258 e. The third kappa shape index (κ3) is 2.18. The Morgan fingerprint density at radius 2 is 1.85 bits per heavy atom. The number of hydrogen-bond donors (Lipinski definition) is 0. The predicted molar refractivity (Wildman–Crippen MR) is 41.8 cm³/mol. The van der Waals surface area contributed by atoms with Gasteiger partial charge in [-0.3, -0.25) is 10.1 Å². The molecule has 8 heteroatoms. The molecular formula is C5H5N3O4S. The molecule has 0 unspecified atom stereocenters. The lowest BCUT2D eigenvalue weighted by atomic mass is 10.6. The van der Waals surface area contributed by atoms with E-state index in [-0.39, 0.29) is 5.69 Å². The van der Waals surface area contributed by atoms with Crippen LogP contribution in [-0.2, 0) is 9.84 Å². The second kappa shape index (κ2) is 3.05. The zero-order valence-corrected chi connectivity index (χ0v) is 7.35. The molecule has 0 saturated carbocycles. The van der Waals surface area contributed by atoms with Crippen molar-refractivity contribution in [1.82, 2.24) is 9.97 Å². The molecule has 0 aromatic carbocycles. The maximum Gasteiger partial charge on any atom is 0.305 e. The van der Waals surface area contributed by atoms with Crippen LogP contribution in [0.5, 0.6) is 0 Å². The van der Waals surface area contributed by atoms with E-state index < -0.39 is 19.9 Å². The molecule has 0 aliphatic heterocycles. The Hall–Kier alpha value is -1.57. The Labute approximate surface area is 73.5 Å². The highest BCUT2D eigenvalue weighted by Crippen LogP contribution is 2.08. The molecule has 13 heavy (non-hydrogen) atoms. The Kier molecular flexibility index (Phi) is 2.24. The molecule has 0 saturated heterocycles. The zero-order valence-electron chi connectivity index (χ0n) is 6.54. The van der Waals surface area contributed by atoms with E-state index in [9.17, 15) is 18.5 Å². The Morgan fingerprint density at radius 1 is 1.38 bits per heavy atom. The van der Waals surface area contributed by atoms with Crippen LogP contribution in [0.15, 0.2) is 17.6 Å². The van der Waals surface area contributed by atoms with Gasteiger partial charge in [-0.15, -0.1) is 0 Å². The van der Waals surface area contributed by atoms with Crippen LogP contribution in [0.25, 0.3) is 0 Å². The SMILES string of the molecule is CS(=O)(=O)c1ncc([N+](=O)[O-])cn1. The molecule has 0 fully saturated rings. The van der Waals surface area contributed by atoms with Gasteiger partial charge >= 0.3 is 5.69 Å². The Balaban J connectivity index is 3.16. The first kappa shape index (κ1) is 9.52. The van der Waals surface area contributed by atoms with Gasteiger partial charge in [-0.1, -0.05) is 0 Å². The van der Waals surface area contributed by atoms with Crippen molar-refractivity contribution in [3.8, 4) is 0 Å². The van der Waals surface area contributed by atoms with Gasteiger partial charge in [0.05, 0.1) is 4.92 Å². The van der Waals surface area contributed by atoms with Crippen molar-refractivity contribution >= 4 is 15.5 Å². The van der Waals surface area contributed by atoms with Gasteiger partial charge < -0.3 is 0 Å². The fourth-order valence-corrected chi connectivity index (χ4v) is 1.08. The number of nitro groups is 1. The van der Waals surface area contributed by atoms with Crippen molar-refractivity contribution < 1.29 is 13.3 Å². The van der Waals surface area contributed by atoms with E-state index in [1.165, 1.54) is 0 Å². The second-order valence-corrected chi connectivity index (χ2v) is 4.16. The standard InChI is InChI=1S/C5H5N3O4S/c1-13(11,12)5-6-2-4(3-7-5)8(9)10/h2-3H,1H3. The Bertz CT molecular complexity index is 424. The molecule has 0 atom stereocenters. The second-order valence-electron chi connectivity index (χ2n) is 2.25. The molecule has 0 aliphatic carbocycles. The summed E-state index contributed by atoms with van der Waals surface area (Å²) in [4.78, 5) is 16.1. The minimum atomic E-state index is -3.49. The van der Waals surface area contributed by atoms with Crippen LogP contribution < -0.4 is 0 Å². The lowest BCUT2D eigenvalue weighted by molar-refractivity contribution is -0.385. The molecule has 1 aromatic rings. The van der Waals surface area contributed by atoms with Crippen LogP contribution in [0.3, 0.4) is 0 Å². The predicted octanol–water partition coefficient (Wildman–Crippen LogP) is -0.212. The van der Waals surface area contributed by atoms with Crippen LogP contribution in [0.4, 0.5) is 5.69 Å². The summed E-state index contributed by atoms with van der Waals surface area (Å²) in [6, 6.07) is 0. The van der Waals surface area contributed by atoms with Gasteiger partial charge in [0.2, 0.25) is 15.0 Å². The monoisotopic (exact) mass is 203 g/mol. The molecule has 1 aromatic heterocycles. The van der Waals surface area contributed by atoms with Gasteiger partial charge in [-0.25, -0.2) is 18.4 Å². The molecule has 0 aliphatic rings. The average molecular weight is 203 g/mol. The molecule has 7 nitrogen and oxygen atoms in total. The summed E-state index contributed by atoms with van der Waals surface area (Å²) in [5.74, 6) is 0. The van der Waals surface area contributed by atoms with Crippen LogP contribution in [-0.4, -0.2) is 29.6 Å². The van der Waals surface area contributed by atoms with Crippen molar-refractivity contribution in [2.45, 2.75) is 5.16 Å². The third-order valence-electron chi connectivity index (χ3n) is 1.16. The largest absolute Gasteiger partial charge is 0.305 e. The van der Waals surface area contributed by atoms with Crippen LogP contribution in [0.2, 0.25) is 0 Å². The first-order chi connectivity index (χ1) is 5.91. The number of aromatic nitrogens is 2. The van der Waals surface area contributed by atoms with Crippen molar-refractivity contribution in [1.29, 1.82) is 0 Å². The first-order valence-electron chi connectivity index (χ1n) is 3.08. The summed E-state index contributed by atoms with van der Waals surface area (Å²) >= 11 is 0. The minimum Gasteiger partial charge on any atom is -0.258 e. The topological polar surface area (TPSA) is 103 Å². The van der Waals surface area contributed by atoms with Gasteiger partial charge in [0.1, 0.15) is 12.4 Å². The van der Waals surface area contributed by atoms with Gasteiger partial charge in [-0.2, -0.15) is 0 Å². The van der Waals surface area contributed by atoms with Crippen molar-refractivity contribution in [3.05, 3.63) is 22.5 Å². The Morgan fingerprint density at radius 3 is 2.15 bits per heavy atom. The lowest BCUT2D eigenvalue weighted by Gasteiger charge is -1.93. The summed E-state index contributed by atoms with van der Waals surface area (Å²) in [5.41, 5.74) is -0.340. The quantitative estimate of drug-likeness (QED) is 0.374. The third-order valence-corrected chi connectivity index (χ3v) is 2.03. The molecule has 70 valence electrons. The van der Waals surface area contributed by atoms with Gasteiger partial charge in [-0.05, 0) is 0 Å². The van der Waals surface area contributed by atoms with Crippen molar-refractivity contribution in [2.24, 2.45) is 0 Å². The number of sulfone groups is 1. The zero-order chi connectivity index (χ0) is 10.1. The highest BCUT2D eigenvalue weighted by atomic mass is 32.2. The van der Waals surface area contributed by atoms with Crippen LogP contribution in [0, 0.1) is 10.1 Å². The normalized spacial score (nSPS) is 11.2. The van der Waals surface area contributed by atoms with Gasteiger partial charge in [0, 0.05) is 6.26 Å². The summed E-state index contributed by atoms with van der Waals surface area (Å²) < 4.78 is 21.6. The fraction of sp³-hybridized carbons (Fsp3) is 0.200. The highest BCUT2D eigenvalue weighted by Gasteiger charge is 2.13. The maximum absolute atomic E-state index is 10.8. The van der Waals surface area contributed by atoms with E-state index in [1.807, 2.05) is 0 Å². The van der Waals surface area contributed by atoms with Gasteiger partial charge in [0.25, 0.3) is 0 Å². The lowest BCUT2D eigenvalue weighted by Crippen LogP contribution is -2.04. The van der Waals surface area contributed by atoms with E-state index in [0.717, 1.165) is 18.6 Å². The molecule has 1 heterocycles. The van der Waals surface area contributed by atoms with E-state index >= 15 is 0 Å². The molecule has 0 spiro atoms. The van der Waals surface area contributed by atoms with Crippen molar-refractivity contribution in [2.75, 3.05) is 6.26 Å². The molecule has 1 rings (SSSR count). The minimum absolute atomic E-state index is 0.340.